The topological polar surface area (TPSA) is 42.9 Å². The molecule has 0 N–H and O–H groups in total. The van der Waals surface area contributed by atoms with E-state index in [-0.39, 0.29) is 5.78 Å². The summed E-state index contributed by atoms with van der Waals surface area (Å²) in [6.45, 7) is 2.09. The average molecular weight is 262 g/mol. The highest BCUT2D eigenvalue weighted by atomic mass is 16.1. The van der Waals surface area contributed by atoms with Crippen molar-refractivity contribution in [3.63, 3.8) is 0 Å². The lowest BCUT2D eigenvalue weighted by Gasteiger charge is -2.03. The van der Waals surface area contributed by atoms with Gasteiger partial charge in [0.05, 0.1) is 17.2 Å². The van der Waals surface area contributed by atoms with Crippen molar-refractivity contribution in [1.82, 2.24) is 9.97 Å². The molecule has 0 saturated carbocycles. The Morgan fingerprint density at radius 2 is 1.70 bits per heavy atom. The number of rotatable bonds is 3. The summed E-state index contributed by atoms with van der Waals surface area (Å²) >= 11 is 0. The Balaban J connectivity index is 1.98. The monoisotopic (exact) mass is 262 g/mol. The van der Waals surface area contributed by atoms with Gasteiger partial charge in [-0.3, -0.25) is 9.78 Å². The third-order valence-corrected chi connectivity index (χ3v) is 3.31. The zero-order valence-electron chi connectivity index (χ0n) is 11.2. The van der Waals surface area contributed by atoms with Crippen LogP contribution < -0.4 is 0 Å². The summed E-state index contributed by atoms with van der Waals surface area (Å²) in [5, 5.41) is 0. The van der Waals surface area contributed by atoms with E-state index >= 15 is 0 Å². The number of benzene rings is 2. The van der Waals surface area contributed by atoms with Crippen molar-refractivity contribution in [3.8, 4) is 0 Å². The Bertz CT molecular complexity index is 763. The molecule has 1 aromatic heterocycles. The second-order valence-electron chi connectivity index (χ2n) is 4.62. The summed E-state index contributed by atoms with van der Waals surface area (Å²) in [5.74, 6) is -0.0918. The molecule has 1 heterocycles. The third kappa shape index (κ3) is 2.30. The van der Waals surface area contributed by atoms with Crippen molar-refractivity contribution in [2.75, 3.05) is 0 Å². The van der Waals surface area contributed by atoms with Crippen LogP contribution in [0.4, 0.5) is 0 Å². The van der Waals surface area contributed by atoms with E-state index in [1.165, 1.54) is 5.56 Å². The van der Waals surface area contributed by atoms with Gasteiger partial charge in [0.2, 0.25) is 5.78 Å². The van der Waals surface area contributed by atoms with Gasteiger partial charge in [-0.25, -0.2) is 4.98 Å². The molecule has 0 atom stereocenters. The van der Waals surface area contributed by atoms with E-state index in [1.54, 1.807) is 6.20 Å². The number of carbonyl (C=O) groups is 1. The van der Waals surface area contributed by atoms with E-state index < -0.39 is 0 Å². The van der Waals surface area contributed by atoms with E-state index in [1.807, 2.05) is 48.5 Å². The van der Waals surface area contributed by atoms with Crippen molar-refractivity contribution in [2.45, 2.75) is 13.3 Å². The highest BCUT2D eigenvalue weighted by Crippen LogP contribution is 2.13. The fourth-order valence-corrected chi connectivity index (χ4v) is 2.11. The molecule has 0 radical (unpaired) electrons. The number of ketones is 1. The normalized spacial score (nSPS) is 10.7. The fraction of sp³-hybridized carbons (Fsp3) is 0.118. The zero-order valence-corrected chi connectivity index (χ0v) is 11.2. The maximum atomic E-state index is 12.4. The number of aryl methyl sites for hydroxylation is 1. The molecule has 0 fully saturated rings. The fourth-order valence-electron chi connectivity index (χ4n) is 2.11. The lowest BCUT2D eigenvalue weighted by Crippen LogP contribution is -2.05. The van der Waals surface area contributed by atoms with Gasteiger partial charge in [0.25, 0.3) is 0 Å². The molecule has 0 spiro atoms. The molecule has 0 aliphatic heterocycles. The Labute approximate surface area is 117 Å². The highest BCUT2D eigenvalue weighted by molar-refractivity contribution is 6.08. The molecule has 98 valence electrons. The van der Waals surface area contributed by atoms with Crippen LogP contribution in [0.3, 0.4) is 0 Å². The van der Waals surface area contributed by atoms with Crippen LogP contribution in [0.1, 0.15) is 28.5 Å². The molecule has 3 rings (SSSR count). The van der Waals surface area contributed by atoms with Crippen LogP contribution in [0.15, 0.2) is 54.7 Å². The molecule has 0 aliphatic carbocycles. The maximum Gasteiger partial charge on any atom is 0.212 e. The largest absolute Gasteiger partial charge is 0.287 e. The van der Waals surface area contributed by atoms with Gasteiger partial charge in [0.1, 0.15) is 5.69 Å². The van der Waals surface area contributed by atoms with Gasteiger partial charge in [-0.2, -0.15) is 0 Å². The Morgan fingerprint density at radius 3 is 2.40 bits per heavy atom. The average Bonchev–Trinajstić information content (AvgIpc) is 2.54. The van der Waals surface area contributed by atoms with E-state index in [0.717, 1.165) is 17.5 Å². The van der Waals surface area contributed by atoms with E-state index in [9.17, 15) is 4.79 Å². The highest BCUT2D eigenvalue weighted by Gasteiger charge is 2.11. The molecule has 0 amide bonds. The number of aromatic nitrogens is 2. The van der Waals surface area contributed by atoms with Gasteiger partial charge in [-0.1, -0.05) is 43.3 Å². The van der Waals surface area contributed by atoms with Crippen LogP contribution in [-0.2, 0) is 6.42 Å². The predicted octanol–water partition coefficient (Wildman–Crippen LogP) is 3.42. The first-order valence-corrected chi connectivity index (χ1v) is 6.63. The summed E-state index contributed by atoms with van der Waals surface area (Å²) in [6, 6.07) is 15.2. The number of para-hydroxylation sites is 2. The molecule has 3 nitrogen and oxygen atoms in total. The van der Waals surface area contributed by atoms with Gasteiger partial charge in [-0.05, 0) is 24.1 Å². The van der Waals surface area contributed by atoms with Crippen LogP contribution in [0.2, 0.25) is 0 Å². The van der Waals surface area contributed by atoms with Gasteiger partial charge >= 0.3 is 0 Å². The van der Waals surface area contributed by atoms with E-state index in [2.05, 4.69) is 16.9 Å². The van der Waals surface area contributed by atoms with Gasteiger partial charge in [0, 0.05) is 5.56 Å². The van der Waals surface area contributed by atoms with Gasteiger partial charge in [0.15, 0.2) is 0 Å². The summed E-state index contributed by atoms with van der Waals surface area (Å²) in [4.78, 5) is 21.0. The van der Waals surface area contributed by atoms with Crippen molar-refractivity contribution in [2.24, 2.45) is 0 Å². The molecule has 3 heteroatoms. The van der Waals surface area contributed by atoms with Gasteiger partial charge in [-0.15, -0.1) is 0 Å². The smallest absolute Gasteiger partial charge is 0.212 e. The quantitative estimate of drug-likeness (QED) is 0.679. The Hall–Kier alpha value is -2.55. The second-order valence-corrected chi connectivity index (χ2v) is 4.62. The third-order valence-electron chi connectivity index (χ3n) is 3.31. The van der Waals surface area contributed by atoms with Crippen LogP contribution in [0.5, 0.6) is 0 Å². The Morgan fingerprint density at radius 1 is 1.00 bits per heavy atom. The lowest BCUT2D eigenvalue weighted by molar-refractivity contribution is 0.103. The first-order valence-electron chi connectivity index (χ1n) is 6.63. The van der Waals surface area contributed by atoms with Gasteiger partial charge < -0.3 is 0 Å². The predicted molar refractivity (Wildman–Crippen MR) is 78.8 cm³/mol. The van der Waals surface area contributed by atoms with Crippen LogP contribution in [-0.4, -0.2) is 15.8 Å². The summed E-state index contributed by atoms with van der Waals surface area (Å²) < 4.78 is 0. The SMILES string of the molecule is CCc1ccc(C(=O)c2cnc3ccccc3n2)cc1. The molecule has 20 heavy (non-hydrogen) atoms. The standard InChI is InChI=1S/C17H14N2O/c1-2-12-7-9-13(10-8-12)17(20)16-11-18-14-5-3-4-6-15(14)19-16/h3-11H,2H2,1H3. The number of carbonyl (C=O) groups excluding carboxylic acids is 1. The minimum Gasteiger partial charge on any atom is -0.287 e. The molecular formula is C17H14N2O. The van der Waals surface area contributed by atoms with Crippen LogP contribution >= 0.6 is 0 Å². The minimum atomic E-state index is -0.0918. The lowest BCUT2D eigenvalue weighted by atomic mass is 10.1. The molecular weight excluding hydrogens is 248 g/mol. The van der Waals surface area contributed by atoms with Crippen LogP contribution in [0, 0.1) is 0 Å². The molecule has 0 saturated heterocycles. The molecule has 3 aromatic rings. The Kier molecular flexibility index (Phi) is 3.25. The molecule has 0 unspecified atom stereocenters. The number of hydrogen-bond donors (Lipinski definition) is 0. The first kappa shape index (κ1) is 12.5. The van der Waals surface area contributed by atoms with Crippen molar-refractivity contribution in [3.05, 3.63) is 71.5 Å². The van der Waals surface area contributed by atoms with Crippen LogP contribution in [0.25, 0.3) is 11.0 Å². The number of hydrogen-bond acceptors (Lipinski definition) is 3. The van der Waals surface area contributed by atoms with Crippen molar-refractivity contribution >= 4 is 16.8 Å². The number of fused-ring (bicyclic) bond motifs is 1. The van der Waals surface area contributed by atoms with Crippen molar-refractivity contribution in [1.29, 1.82) is 0 Å². The maximum absolute atomic E-state index is 12.4. The number of nitrogens with zero attached hydrogens (tertiary/aromatic N) is 2. The summed E-state index contributed by atoms with van der Waals surface area (Å²) in [6.07, 6.45) is 2.50. The molecule has 0 bridgehead atoms. The van der Waals surface area contributed by atoms with E-state index in [4.69, 9.17) is 0 Å². The second kappa shape index (κ2) is 5.21. The summed E-state index contributed by atoms with van der Waals surface area (Å²) in [7, 11) is 0. The zero-order chi connectivity index (χ0) is 13.9. The van der Waals surface area contributed by atoms with Crippen molar-refractivity contribution < 1.29 is 4.79 Å². The molecule has 0 aliphatic rings. The minimum absolute atomic E-state index is 0.0918. The first-order chi connectivity index (χ1) is 9.78. The molecule has 2 aromatic carbocycles. The van der Waals surface area contributed by atoms with E-state index in [0.29, 0.717) is 11.3 Å². The summed E-state index contributed by atoms with van der Waals surface area (Å²) in [5.41, 5.74) is 3.78.